The first-order valence-corrected chi connectivity index (χ1v) is 16.3. The third-order valence-corrected chi connectivity index (χ3v) is 9.27. The molecule has 8 aromatic carbocycles. The van der Waals surface area contributed by atoms with Crippen LogP contribution in [0.5, 0.6) is 0 Å². The Morgan fingerprint density at radius 3 is 1.40 bits per heavy atom. The van der Waals surface area contributed by atoms with Crippen molar-refractivity contribution in [2.45, 2.75) is 0 Å². The standard InChI is InChI=1S/C46H31NO/c1-4-12-32(13-5-1)34-20-22-36(23-21-34)37-26-29-41-43-31-44(40-18-10-11-19-42(40)46(43)48-45(41)30-37)47(38-16-8-3-9-17-38)39-27-24-35(25-28-39)33-14-6-2-7-15-33/h1-31H. The van der Waals surface area contributed by atoms with Gasteiger partial charge in [0.15, 0.2) is 0 Å². The molecule has 0 spiro atoms. The van der Waals surface area contributed by atoms with E-state index in [0.29, 0.717) is 0 Å². The fourth-order valence-corrected chi connectivity index (χ4v) is 6.87. The zero-order chi connectivity index (χ0) is 31.9. The van der Waals surface area contributed by atoms with Crippen LogP contribution in [0.1, 0.15) is 0 Å². The summed E-state index contributed by atoms with van der Waals surface area (Å²) < 4.78 is 6.71. The Kier molecular flexibility index (Phi) is 6.84. The van der Waals surface area contributed by atoms with Gasteiger partial charge in [-0.15, -0.1) is 0 Å². The van der Waals surface area contributed by atoms with E-state index in [9.17, 15) is 0 Å². The van der Waals surface area contributed by atoms with Crippen LogP contribution in [-0.4, -0.2) is 0 Å². The van der Waals surface area contributed by atoms with E-state index >= 15 is 0 Å². The number of rotatable bonds is 6. The number of anilines is 3. The van der Waals surface area contributed by atoms with E-state index in [0.717, 1.165) is 60.9 Å². The molecular weight excluding hydrogens is 583 g/mol. The van der Waals surface area contributed by atoms with Crippen molar-refractivity contribution in [3.05, 3.63) is 188 Å². The summed E-state index contributed by atoms with van der Waals surface area (Å²) in [5, 5.41) is 4.44. The third-order valence-electron chi connectivity index (χ3n) is 9.27. The second kappa shape index (κ2) is 11.8. The lowest BCUT2D eigenvalue weighted by Crippen LogP contribution is -2.10. The molecule has 0 aliphatic rings. The molecule has 0 saturated carbocycles. The number of furan rings is 1. The number of hydrogen-bond acceptors (Lipinski definition) is 2. The van der Waals surface area contributed by atoms with Gasteiger partial charge in [-0.1, -0.05) is 146 Å². The molecule has 9 aromatic rings. The predicted octanol–water partition coefficient (Wildman–Crippen LogP) is 13.2. The van der Waals surface area contributed by atoms with Crippen LogP contribution < -0.4 is 4.90 Å². The van der Waals surface area contributed by atoms with Crippen molar-refractivity contribution in [3.63, 3.8) is 0 Å². The fraction of sp³-hybridized carbons (Fsp3) is 0. The van der Waals surface area contributed by atoms with Crippen molar-refractivity contribution in [1.29, 1.82) is 0 Å². The first-order chi connectivity index (χ1) is 23.8. The Bertz CT molecular complexity index is 2520. The van der Waals surface area contributed by atoms with E-state index in [2.05, 4.69) is 193 Å². The van der Waals surface area contributed by atoms with Gasteiger partial charge in [0.1, 0.15) is 11.2 Å². The first kappa shape index (κ1) is 27.9. The second-order valence-corrected chi connectivity index (χ2v) is 12.2. The Labute approximate surface area is 279 Å². The van der Waals surface area contributed by atoms with E-state index in [1.165, 1.54) is 22.3 Å². The zero-order valence-electron chi connectivity index (χ0n) is 26.3. The number of nitrogens with zero attached hydrogens (tertiary/aromatic N) is 1. The summed E-state index contributed by atoms with van der Waals surface area (Å²) in [4.78, 5) is 2.36. The summed E-state index contributed by atoms with van der Waals surface area (Å²) in [6.07, 6.45) is 0. The molecular formula is C46H31NO. The van der Waals surface area contributed by atoms with Crippen molar-refractivity contribution in [2.24, 2.45) is 0 Å². The van der Waals surface area contributed by atoms with Crippen LogP contribution in [0.3, 0.4) is 0 Å². The van der Waals surface area contributed by atoms with Gasteiger partial charge in [0, 0.05) is 32.9 Å². The molecule has 226 valence electrons. The summed E-state index contributed by atoms with van der Waals surface area (Å²) in [7, 11) is 0. The van der Waals surface area contributed by atoms with Gasteiger partial charge in [0.2, 0.25) is 0 Å². The van der Waals surface area contributed by atoms with Crippen molar-refractivity contribution >= 4 is 49.8 Å². The highest BCUT2D eigenvalue weighted by atomic mass is 16.3. The lowest BCUT2D eigenvalue weighted by Gasteiger charge is -2.27. The minimum atomic E-state index is 0.885. The SMILES string of the molecule is c1ccc(-c2ccc(-c3ccc4c(c3)oc3c5ccccc5c(N(c5ccccc5)c5ccc(-c6ccccc6)cc5)cc43)cc2)cc1. The highest BCUT2D eigenvalue weighted by Gasteiger charge is 2.20. The second-order valence-electron chi connectivity index (χ2n) is 12.2. The molecule has 0 aliphatic carbocycles. The molecule has 0 amide bonds. The Morgan fingerprint density at radius 1 is 0.312 bits per heavy atom. The molecule has 0 bridgehead atoms. The maximum atomic E-state index is 6.71. The van der Waals surface area contributed by atoms with Crippen LogP contribution in [0.15, 0.2) is 192 Å². The van der Waals surface area contributed by atoms with Gasteiger partial charge < -0.3 is 9.32 Å². The lowest BCUT2D eigenvalue weighted by atomic mass is 9.98. The van der Waals surface area contributed by atoms with E-state index in [1.807, 2.05) is 0 Å². The highest BCUT2D eigenvalue weighted by molar-refractivity contribution is 6.20. The van der Waals surface area contributed by atoms with Gasteiger partial charge in [0.25, 0.3) is 0 Å². The molecule has 0 fully saturated rings. The van der Waals surface area contributed by atoms with Crippen LogP contribution in [0.2, 0.25) is 0 Å². The summed E-state index contributed by atoms with van der Waals surface area (Å²) in [6, 6.07) is 66.8. The summed E-state index contributed by atoms with van der Waals surface area (Å²) in [5.74, 6) is 0. The Balaban J connectivity index is 1.18. The molecule has 0 radical (unpaired) electrons. The molecule has 2 heteroatoms. The molecule has 0 saturated heterocycles. The van der Waals surface area contributed by atoms with Crippen LogP contribution in [0, 0.1) is 0 Å². The predicted molar refractivity (Wildman–Crippen MR) is 202 cm³/mol. The normalized spacial score (nSPS) is 11.3. The number of benzene rings is 8. The summed E-state index contributed by atoms with van der Waals surface area (Å²) in [6.45, 7) is 0. The first-order valence-electron chi connectivity index (χ1n) is 16.3. The van der Waals surface area contributed by atoms with Crippen molar-refractivity contribution in [3.8, 4) is 33.4 Å². The molecule has 0 aliphatic heterocycles. The quantitative estimate of drug-likeness (QED) is 0.185. The largest absolute Gasteiger partial charge is 0.455 e. The third kappa shape index (κ3) is 4.92. The smallest absolute Gasteiger partial charge is 0.143 e. The molecule has 2 nitrogen and oxygen atoms in total. The maximum absolute atomic E-state index is 6.71. The monoisotopic (exact) mass is 613 g/mol. The van der Waals surface area contributed by atoms with Gasteiger partial charge in [-0.25, -0.2) is 0 Å². The van der Waals surface area contributed by atoms with Crippen molar-refractivity contribution in [2.75, 3.05) is 4.90 Å². The molecule has 1 aromatic heterocycles. The summed E-state index contributed by atoms with van der Waals surface area (Å²) in [5.41, 5.74) is 12.2. The van der Waals surface area contributed by atoms with Gasteiger partial charge in [-0.2, -0.15) is 0 Å². The molecule has 0 N–H and O–H groups in total. The lowest BCUT2D eigenvalue weighted by molar-refractivity contribution is 0.673. The molecule has 1 heterocycles. The number of hydrogen-bond donors (Lipinski definition) is 0. The van der Waals surface area contributed by atoms with E-state index in [-0.39, 0.29) is 0 Å². The van der Waals surface area contributed by atoms with Gasteiger partial charge in [-0.05, 0) is 75.8 Å². The highest BCUT2D eigenvalue weighted by Crippen LogP contribution is 2.45. The zero-order valence-corrected chi connectivity index (χ0v) is 26.3. The molecule has 0 unspecified atom stereocenters. The minimum Gasteiger partial charge on any atom is -0.455 e. The summed E-state index contributed by atoms with van der Waals surface area (Å²) >= 11 is 0. The topological polar surface area (TPSA) is 16.4 Å². The van der Waals surface area contributed by atoms with Gasteiger partial charge in [0.05, 0.1) is 5.69 Å². The van der Waals surface area contributed by atoms with Crippen LogP contribution in [0.4, 0.5) is 17.1 Å². The van der Waals surface area contributed by atoms with Crippen LogP contribution in [-0.2, 0) is 0 Å². The Morgan fingerprint density at radius 2 is 0.771 bits per heavy atom. The average Bonchev–Trinajstić information content (AvgIpc) is 3.54. The van der Waals surface area contributed by atoms with Crippen LogP contribution >= 0.6 is 0 Å². The molecule has 48 heavy (non-hydrogen) atoms. The van der Waals surface area contributed by atoms with Gasteiger partial charge in [-0.3, -0.25) is 0 Å². The van der Waals surface area contributed by atoms with E-state index in [4.69, 9.17) is 4.42 Å². The fourth-order valence-electron chi connectivity index (χ4n) is 6.87. The van der Waals surface area contributed by atoms with Crippen molar-refractivity contribution in [1.82, 2.24) is 0 Å². The van der Waals surface area contributed by atoms with E-state index < -0.39 is 0 Å². The molecule has 0 atom stereocenters. The number of fused-ring (bicyclic) bond motifs is 5. The average molecular weight is 614 g/mol. The van der Waals surface area contributed by atoms with Gasteiger partial charge >= 0.3 is 0 Å². The number of para-hydroxylation sites is 1. The van der Waals surface area contributed by atoms with Crippen molar-refractivity contribution < 1.29 is 4.42 Å². The molecule has 9 rings (SSSR count). The van der Waals surface area contributed by atoms with E-state index in [1.54, 1.807) is 0 Å². The van der Waals surface area contributed by atoms with Crippen LogP contribution in [0.25, 0.3) is 66.1 Å². The minimum absolute atomic E-state index is 0.885. The Hall–Kier alpha value is -6.38. The maximum Gasteiger partial charge on any atom is 0.143 e.